The van der Waals surface area contributed by atoms with Crippen LogP contribution in [0.3, 0.4) is 0 Å². The molecule has 0 radical (unpaired) electrons. The predicted octanol–water partition coefficient (Wildman–Crippen LogP) is 3.24. The second kappa shape index (κ2) is 8.96. The molecular weight excluding hydrogens is 352 g/mol. The first kappa shape index (κ1) is 19.4. The van der Waals surface area contributed by atoms with Gasteiger partial charge in [0.05, 0.1) is 17.0 Å². The number of ether oxygens (including phenoxy) is 1. The van der Waals surface area contributed by atoms with Gasteiger partial charge in [0.1, 0.15) is 5.00 Å². The van der Waals surface area contributed by atoms with Crippen molar-refractivity contribution < 1.29 is 19.1 Å². The molecule has 0 aliphatic rings. The Balaban J connectivity index is 2.29. The summed E-state index contributed by atoms with van der Waals surface area (Å²) >= 11 is 1.04. The van der Waals surface area contributed by atoms with E-state index in [-0.39, 0.29) is 18.1 Å². The first-order chi connectivity index (χ1) is 12.5. The number of nitrogens with one attached hydrogen (secondary N) is 2. The fraction of sp³-hybridized carbons (Fsp3) is 0.211. The Morgan fingerprint density at radius 2 is 1.88 bits per heavy atom. The van der Waals surface area contributed by atoms with Crippen LogP contribution in [-0.4, -0.2) is 31.4 Å². The maximum atomic E-state index is 12.3. The molecule has 1 heterocycles. The number of anilines is 1. The molecule has 0 fully saturated rings. The van der Waals surface area contributed by atoms with Crippen molar-refractivity contribution in [3.63, 3.8) is 0 Å². The maximum absolute atomic E-state index is 12.3. The quantitative estimate of drug-likeness (QED) is 0.602. The van der Waals surface area contributed by atoms with Crippen molar-refractivity contribution in [1.82, 2.24) is 5.32 Å². The minimum atomic E-state index is -0.571. The number of amides is 2. The van der Waals surface area contributed by atoms with Gasteiger partial charge in [0.25, 0.3) is 5.91 Å². The molecule has 2 aromatic rings. The van der Waals surface area contributed by atoms with Gasteiger partial charge in [0.2, 0.25) is 5.91 Å². The van der Waals surface area contributed by atoms with Crippen LogP contribution >= 0.6 is 11.3 Å². The first-order valence-corrected chi connectivity index (χ1v) is 8.86. The van der Waals surface area contributed by atoms with E-state index in [9.17, 15) is 14.4 Å². The number of rotatable bonds is 6. The Morgan fingerprint density at radius 1 is 1.19 bits per heavy atom. The molecule has 2 N–H and O–H groups in total. The number of thiophene rings is 1. The average molecular weight is 372 g/mol. The van der Waals surface area contributed by atoms with Crippen LogP contribution in [0, 0.1) is 6.92 Å². The number of hydrogen-bond acceptors (Lipinski definition) is 5. The number of carbonyl (C=O) groups is 3. The lowest BCUT2D eigenvalue weighted by atomic mass is 10.1. The van der Waals surface area contributed by atoms with Crippen LogP contribution in [0.1, 0.15) is 38.1 Å². The fourth-order valence-electron chi connectivity index (χ4n) is 2.27. The molecule has 1 aromatic carbocycles. The van der Waals surface area contributed by atoms with Gasteiger partial charge in [-0.25, -0.2) is 4.79 Å². The van der Waals surface area contributed by atoms with Crippen molar-refractivity contribution in [1.29, 1.82) is 0 Å². The molecule has 0 saturated heterocycles. The molecule has 7 heteroatoms. The molecule has 0 unspecified atom stereocenters. The van der Waals surface area contributed by atoms with Gasteiger partial charge in [-0.15, -0.1) is 11.3 Å². The van der Waals surface area contributed by atoms with Crippen molar-refractivity contribution in [2.75, 3.05) is 19.0 Å². The molecule has 136 valence electrons. The van der Waals surface area contributed by atoms with Crippen molar-refractivity contribution in [3.05, 3.63) is 58.0 Å². The van der Waals surface area contributed by atoms with Gasteiger partial charge in [-0.05, 0) is 31.1 Å². The van der Waals surface area contributed by atoms with E-state index in [1.165, 1.54) is 13.1 Å². The highest BCUT2D eigenvalue weighted by Crippen LogP contribution is 2.33. The number of hydrogen-bond donors (Lipinski definition) is 2. The third-order valence-corrected chi connectivity index (χ3v) is 4.73. The summed E-state index contributed by atoms with van der Waals surface area (Å²) in [7, 11) is 1.51. The topological polar surface area (TPSA) is 84.5 Å². The average Bonchev–Trinajstić information content (AvgIpc) is 2.96. The molecule has 0 atom stereocenters. The minimum Gasteiger partial charge on any atom is -0.462 e. The van der Waals surface area contributed by atoms with Crippen LogP contribution in [-0.2, 0) is 9.53 Å². The zero-order valence-electron chi connectivity index (χ0n) is 14.8. The van der Waals surface area contributed by atoms with E-state index >= 15 is 0 Å². The smallest absolute Gasteiger partial charge is 0.341 e. The molecule has 0 spiro atoms. The summed E-state index contributed by atoms with van der Waals surface area (Å²) in [6.45, 7) is 3.55. The molecule has 26 heavy (non-hydrogen) atoms. The standard InChI is InChI=1S/C19H20N2O4S/c1-4-25-19(24)15-12(2)16(17(23)20-3)26-18(15)21-14(22)11-10-13-8-6-5-7-9-13/h5-11H,4H2,1-3H3,(H,20,23)(H,21,22). The monoisotopic (exact) mass is 372 g/mol. The van der Waals surface area contributed by atoms with Gasteiger partial charge in [-0.2, -0.15) is 0 Å². The molecule has 0 aliphatic carbocycles. The van der Waals surface area contributed by atoms with Gasteiger partial charge in [0, 0.05) is 13.1 Å². The normalized spacial score (nSPS) is 10.6. The number of benzene rings is 1. The second-order valence-electron chi connectivity index (χ2n) is 5.29. The third-order valence-electron chi connectivity index (χ3n) is 3.52. The Hall–Kier alpha value is -2.93. The van der Waals surface area contributed by atoms with E-state index in [2.05, 4.69) is 10.6 Å². The molecule has 0 bridgehead atoms. The van der Waals surface area contributed by atoms with E-state index in [4.69, 9.17) is 4.74 Å². The van der Waals surface area contributed by atoms with Crippen molar-refractivity contribution in [2.45, 2.75) is 13.8 Å². The zero-order valence-corrected chi connectivity index (χ0v) is 15.6. The molecule has 0 aliphatic heterocycles. The molecule has 2 amide bonds. The highest BCUT2D eigenvalue weighted by Gasteiger charge is 2.25. The number of carbonyl (C=O) groups excluding carboxylic acids is 3. The van der Waals surface area contributed by atoms with E-state index < -0.39 is 11.9 Å². The van der Waals surface area contributed by atoms with Crippen LogP contribution in [0.2, 0.25) is 0 Å². The predicted molar refractivity (Wildman–Crippen MR) is 103 cm³/mol. The van der Waals surface area contributed by atoms with Gasteiger partial charge >= 0.3 is 5.97 Å². The summed E-state index contributed by atoms with van der Waals surface area (Å²) < 4.78 is 5.05. The molecule has 0 saturated carbocycles. The van der Waals surface area contributed by atoms with Crippen molar-refractivity contribution >= 4 is 40.2 Å². The lowest BCUT2D eigenvalue weighted by Crippen LogP contribution is -2.17. The largest absolute Gasteiger partial charge is 0.462 e. The van der Waals surface area contributed by atoms with Gasteiger partial charge in [0.15, 0.2) is 0 Å². The van der Waals surface area contributed by atoms with E-state index in [1.807, 2.05) is 30.3 Å². The summed E-state index contributed by atoms with van der Waals surface area (Å²) in [5, 5.41) is 5.49. The number of esters is 1. The van der Waals surface area contributed by atoms with Crippen LogP contribution in [0.15, 0.2) is 36.4 Å². The van der Waals surface area contributed by atoms with Gasteiger partial charge in [-0.3, -0.25) is 9.59 Å². The van der Waals surface area contributed by atoms with Crippen LogP contribution in [0.5, 0.6) is 0 Å². The lowest BCUT2D eigenvalue weighted by Gasteiger charge is -2.05. The minimum absolute atomic E-state index is 0.199. The fourth-order valence-corrected chi connectivity index (χ4v) is 3.41. The Morgan fingerprint density at radius 3 is 2.50 bits per heavy atom. The van der Waals surface area contributed by atoms with Crippen LogP contribution in [0.25, 0.3) is 6.08 Å². The summed E-state index contributed by atoms with van der Waals surface area (Å²) in [5.74, 6) is -1.29. The Kier molecular flexibility index (Phi) is 6.68. The first-order valence-electron chi connectivity index (χ1n) is 8.04. The molecular formula is C19H20N2O4S. The molecule has 1 aromatic heterocycles. The summed E-state index contributed by atoms with van der Waals surface area (Å²) in [6, 6.07) is 9.36. The molecule has 6 nitrogen and oxygen atoms in total. The van der Waals surface area contributed by atoms with Gasteiger partial charge < -0.3 is 15.4 Å². The third kappa shape index (κ3) is 4.58. The highest BCUT2D eigenvalue weighted by molar-refractivity contribution is 7.18. The van der Waals surface area contributed by atoms with Crippen LogP contribution < -0.4 is 10.6 Å². The van der Waals surface area contributed by atoms with E-state index in [0.717, 1.165) is 16.9 Å². The van der Waals surface area contributed by atoms with Crippen molar-refractivity contribution in [3.8, 4) is 0 Å². The summed E-state index contributed by atoms with van der Waals surface area (Å²) in [5.41, 5.74) is 1.56. The van der Waals surface area contributed by atoms with Crippen LogP contribution in [0.4, 0.5) is 5.00 Å². The Bertz CT molecular complexity index is 841. The Labute approximate surface area is 155 Å². The van der Waals surface area contributed by atoms with E-state index in [0.29, 0.717) is 15.4 Å². The van der Waals surface area contributed by atoms with Gasteiger partial charge in [-0.1, -0.05) is 30.3 Å². The maximum Gasteiger partial charge on any atom is 0.341 e. The second-order valence-corrected chi connectivity index (χ2v) is 6.31. The summed E-state index contributed by atoms with van der Waals surface area (Å²) in [4.78, 5) is 36.8. The highest BCUT2D eigenvalue weighted by atomic mass is 32.1. The van der Waals surface area contributed by atoms with E-state index in [1.54, 1.807) is 19.9 Å². The molecule has 2 rings (SSSR count). The lowest BCUT2D eigenvalue weighted by molar-refractivity contribution is -0.111. The SMILES string of the molecule is CCOC(=O)c1c(NC(=O)C=Cc2ccccc2)sc(C(=O)NC)c1C. The van der Waals surface area contributed by atoms with Crippen molar-refractivity contribution in [2.24, 2.45) is 0 Å². The zero-order chi connectivity index (χ0) is 19.1. The summed E-state index contributed by atoms with van der Waals surface area (Å²) in [6.07, 6.45) is 3.04.